The minimum atomic E-state index is -0.324. The maximum Gasteiger partial charge on any atom is 0.313 e. The number of benzene rings is 1. The van der Waals surface area contributed by atoms with Crippen LogP contribution in [0.25, 0.3) is 0 Å². The molecule has 2 unspecified atom stereocenters. The van der Waals surface area contributed by atoms with Gasteiger partial charge in [0.1, 0.15) is 11.9 Å². The van der Waals surface area contributed by atoms with Gasteiger partial charge in [0.25, 0.3) is 0 Å². The van der Waals surface area contributed by atoms with Gasteiger partial charge >= 0.3 is 5.97 Å². The van der Waals surface area contributed by atoms with E-state index in [2.05, 4.69) is 46.8 Å². The van der Waals surface area contributed by atoms with Crippen molar-refractivity contribution in [2.24, 2.45) is 16.2 Å². The van der Waals surface area contributed by atoms with E-state index in [1.165, 1.54) is 5.56 Å². The van der Waals surface area contributed by atoms with Crippen LogP contribution in [0.4, 0.5) is 0 Å². The summed E-state index contributed by atoms with van der Waals surface area (Å²) >= 11 is 0. The number of esters is 1. The minimum Gasteiger partial charge on any atom is -0.497 e. The molecule has 3 nitrogen and oxygen atoms in total. The SMILES string of the molecule is COc1ccc2c(c1)CCCC2OC(=O)C1(CC(C)(C)C)CC1(C)C. The maximum absolute atomic E-state index is 13.2. The number of hydrogen-bond acceptors (Lipinski definition) is 3. The molecule has 1 fully saturated rings. The lowest BCUT2D eigenvalue weighted by Gasteiger charge is -2.31. The lowest BCUT2D eigenvalue weighted by atomic mass is 9.79. The molecule has 2 aliphatic carbocycles. The lowest BCUT2D eigenvalue weighted by Crippen LogP contribution is -2.30. The number of carbonyl (C=O) groups excluding carboxylic acids is 1. The highest BCUT2D eigenvalue weighted by atomic mass is 16.5. The molecule has 3 rings (SSSR count). The van der Waals surface area contributed by atoms with Crippen molar-refractivity contribution in [3.63, 3.8) is 0 Å². The Kier molecular flexibility index (Phi) is 4.41. The second-order valence-electron chi connectivity index (χ2n) is 9.73. The minimum absolute atomic E-state index is 0.00101. The molecule has 25 heavy (non-hydrogen) atoms. The molecular formula is C22H32O3. The van der Waals surface area contributed by atoms with Crippen LogP contribution in [0, 0.1) is 16.2 Å². The van der Waals surface area contributed by atoms with Crippen molar-refractivity contribution in [3.05, 3.63) is 29.3 Å². The molecule has 0 aromatic heterocycles. The Morgan fingerprint density at radius 1 is 1.28 bits per heavy atom. The lowest BCUT2D eigenvalue weighted by molar-refractivity contribution is -0.160. The van der Waals surface area contributed by atoms with Gasteiger partial charge in [-0.2, -0.15) is 0 Å². The van der Waals surface area contributed by atoms with E-state index >= 15 is 0 Å². The molecule has 138 valence electrons. The number of hydrogen-bond donors (Lipinski definition) is 0. The van der Waals surface area contributed by atoms with Gasteiger partial charge in [-0.15, -0.1) is 0 Å². The number of rotatable bonds is 4. The molecule has 0 saturated heterocycles. The molecule has 1 aromatic rings. The zero-order valence-electron chi connectivity index (χ0n) is 16.6. The van der Waals surface area contributed by atoms with Crippen molar-refractivity contribution < 1.29 is 14.3 Å². The van der Waals surface area contributed by atoms with Crippen molar-refractivity contribution in [2.75, 3.05) is 7.11 Å². The molecule has 0 N–H and O–H groups in total. The highest BCUT2D eigenvalue weighted by Gasteiger charge is 2.68. The molecule has 0 spiro atoms. The van der Waals surface area contributed by atoms with E-state index in [9.17, 15) is 4.79 Å². The Morgan fingerprint density at radius 2 is 1.96 bits per heavy atom. The number of carbonyl (C=O) groups is 1. The van der Waals surface area contributed by atoms with Crippen molar-refractivity contribution in [2.45, 2.75) is 72.8 Å². The number of aryl methyl sites for hydroxylation is 1. The third-order valence-corrected chi connectivity index (χ3v) is 6.00. The van der Waals surface area contributed by atoms with Crippen LogP contribution in [0.3, 0.4) is 0 Å². The van der Waals surface area contributed by atoms with Crippen molar-refractivity contribution in [3.8, 4) is 5.75 Å². The van der Waals surface area contributed by atoms with Gasteiger partial charge in [0.05, 0.1) is 12.5 Å². The van der Waals surface area contributed by atoms with Crippen molar-refractivity contribution >= 4 is 5.97 Å². The molecule has 0 aliphatic heterocycles. The van der Waals surface area contributed by atoms with Crippen LogP contribution in [0.2, 0.25) is 0 Å². The zero-order valence-corrected chi connectivity index (χ0v) is 16.6. The number of ether oxygens (including phenoxy) is 2. The summed E-state index contributed by atoms with van der Waals surface area (Å²) in [4.78, 5) is 13.2. The van der Waals surface area contributed by atoms with E-state index in [1.54, 1.807) is 7.11 Å². The number of methoxy groups -OCH3 is 1. The Hall–Kier alpha value is -1.51. The average molecular weight is 344 g/mol. The first-order chi connectivity index (χ1) is 11.6. The summed E-state index contributed by atoms with van der Waals surface area (Å²) in [5.74, 6) is 0.874. The Balaban J connectivity index is 1.80. The fourth-order valence-corrected chi connectivity index (χ4v) is 4.58. The van der Waals surface area contributed by atoms with E-state index in [0.717, 1.165) is 43.4 Å². The fourth-order valence-electron chi connectivity index (χ4n) is 4.58. The molecule has 2 aliphatic rings. The molecule has 0 bridgehead atoms. The Morgan fingerprint density at radius 3 is 2.52 bits per heavy atom. The van der Waals surface area contributed by atoms with Gasteiger partial charge in [-0.05, 0) is 66.2 Å². The van der Waals surface area contributed by atoms with Crippen LogP contribution in [-0.2, 0) is 16.0 Å². The third kappa shape index (κ3) is 3.43. The van der Waals surface area contributed by atoms with E-state index in [-0.39, 0.29) is 28.3 Å². The smallest absolute Gasteiger partial charge is 0.313 e. The van der Waals surface area contributed by atoms with E-state index in [1.807, 2.05) is 6.07 Å². The third-order valence-electron chi connectivity index (χ3n) is 6.00. The topological polar surface area (TPSA) is 35.5 Å². The summed E-state index contributed by atoms with van der Waals surface area (Å²) in [5.41, 5.74) is 2.24. The van der Waals surface area contributed by atoms with Gasteiger partial charge in [0.2, 0.25) is 0 Å². The first-order valence-corrected chi connectivity index (χ1v) is 9.46. The number of fused-ring (bicyclic) bond motifs is 1. The second kappa shape index (κ2) is 6.03. The quantitative estimate of drug-likeness (QED) is 0.680. The van der Waals surface area contributed by atoms with Crippen LogP contribution >= 0.6 is 0 Å². The van der Waals surface area contributed by atoms with Crippen molar-refractivity contribution in [1.29, 1.82) is 0 Å². The Labute approximate surface area is 152 Å². The largest absolute Gasteiger partial charge is 0.497 e. The van der Waals surface area contributed by atoms with Gasteiger partial charge in [-0.1, -0.05) is 40.7 Å². The van der Waals surface area contributed by atoms with E-state index < -0.39 is 0 Å². The highest BCUT2D eigenvalue weighted by molar-refractivity contribution is 5.82. The molecule has 0 heterocycles. The first kappa shape index (κ1) is 18.3. The molecular weight excluding hydrogens is 312 g/mol. The van der Waals surface area contributed by atoms with Crippen molar-refractivity contribution in [1.82, 2.24) is 0 Å². The summed E-state index contributed by atoms with van der Waals surface area (Å²) in [5, 5.41) is 0. The standard InChI is InChI=1S/C22H32O3/c1-20(2,3)13-22(14-21(22,4)5)19(23)25-18-9-7-8-15-12-16(24-6)10-11-17(15)18/h10-12,18H,7-9,13-14H2,1-6H3. The molecule has 1 aromatic carbocycles. The van der Waals surface area contributed by atoms with Gasteiger partial charge in [0.15, 0.2) is 0 Å². The molecule has 0 amide bonds. The van der Waals surface area contributed by atoms with Gasteiger partial charge in [-0.25, -0.2) is 0 Å². The fraction of sp³-hybridized carbons (Fsp3) is 0.682. The summed E-state index contributed by atoms with van der Waals surface area (Å²) in [6.07, 6.45) is 4.69. The molecule has 3 heteroatoms. The predicted molar refractivity (Wildman–Crippen MR) is 99.7 cm³/mol. The highest BCUT2D eigenvalue weighted by Crippen LogP contribution is 2.68. The Bertz CT molecular complexity index is 668. The van der Waals surface area contributed by atoms with Gasteiger partial charge < -0.3 is 9.47 Å². The molecule has 0 radical (unpaired) electrons. The first-order valence-electron chi connectivity index (χ1n) is 9.46. The second-order valence-corrected chi connectivity index (χ2v) is 9.73. The van der Waals surface area contributed by atoms with E-state index in [0.29, 0.717) is 0 Å². The monoisotopic (exact) mass is 344 g/mol. The normalized spacial score (nSPS) is 27.4. The molecule has 2 atom stereocenters. The van der Waals surface area contributed by atoms with Crippen LogP contribution in [0.1, 0.15) is 77.5 Å². The van der Waals surface area contributed by atoms with Crippen LogP contribution in [0.5, 0.6) is 5.75 Å². The summed E-state index contributed by atoms with van der Waals surface area (Å²) in [7, 11) is 1.69. The summed E-state index contributed by atoms with van der Waals surface area (Å²) < 4.78 is 11.5. The van der Waals surface area contributed by atoms with Crippen LogP contribution in [0.15, 0.2) is 18.2 Å². The molecule has 1 saturated carbocycles. The van der Waals surface area contributed by atoms with Gasteiger partial charge in [0, 0.05) is 0 Å². The predicted octanol–water partition coefficient (Wildman–Crippen LogP) is 5.47. The van der Waals surface area contributed by atoms with Crippen LogP contribution < -0.4 is 4.74 Å². The maximum atomic E-state index is 13.2. The van der Waals surface area contributed by atoms with E-state index in [4.69, 9.17) is 9.47 Å². The average Bonchev–Trinajstić information content (AvgIpc) is 3.06. The van der Waals surface area contributed by atoms with Gasteiger partial charge in [-0.3, -0.25) is 4.79 Å². The zero-order chi connectivity index (χ0) is 18.5. The summed E-state index contributed by atoms with van der Waals surface area (Å²) in [6, 6.07) is 6.12. The van der Waals surface area contributed by atoms with Crippen LogP contribution in [-0.4, -0.2) is 13.1 Å². The summed E-state index contributed by atoms with van der Waals surface area (Å²) in [6.45, 7) is 11.0.